The van der Waals surface area contributed by atoms with Gasteiger partial charge in [-0.1, -0.05) is 27.0 Å². The van der Waals surface area contributed by atoms with E-state index in [-0.39, 0.29) is 17.4 Å². The van der Waals surface area contributed by atoms with Gasteiger partial charge in [0.15, 0.2) is 0 Å². The molecule has 0 amide bonds. The van der Waals surface area contributed by atoms with Crippen LogP contribution < -0.4 is 0 Å². The Kier molecular flexibility index (Phi) is 28.3. The van der Waals surface area contributed by atoms with Crippen LogP contribution in [-0.4, -0.2) is 50.3 Å². The summed E-state index contributed by atoms with van der Waals surface area (Å²) in [4.78, 5) is 43.9. The van der Waals surface area contributed by atoms with Gasteiger partial charge in [0, 0.05) is 25.0 Å². The van der Waals surface area contributed by atoms with Gasteiger partial charge >= 0.3 is 43.4 Å². The molecule has 0 aliphatic heterocycles. The molecular weight excluding hydrogens is 527 g/mol. The van der Waals surface area contributed by atoms with Crippen molar-refractivity contribution in [3.05, 3.63) is 38.2 Å². The van der Waals surface area contributed by atoms with Crippen LogP contribution in [0.25, 0.3) is 0 Å². The van der Waals surface area contributed by atoms with Crippen LogP contribution >= 0.6 is 0 Å². The Morgan fingerprint density at radius 2 is 1.16 bits per heavy atom. The molecular formula is C27H44CoO9-2. The molecule has 0 saturated heterocycles. The van der Waals surface area contributed by atoms with E-state index in [0.717, 1.165) is 56.6 Å². The maximum atomic E-state index is 11.3. The Labute approximate surface area is 230 Å². The number of ether oxygens (including phenoxy) is 4. The number of esters is 4. The van der Waals surface area contributed by atoms with Gasteiger partial charge in [-0.25, -0.2) is 9.59 Å². The van der Waals surface area contributed by atoms with Gasteiger partial charge in [0.1, 0.15) is 0 Å². The first-order valence-electron chi connectivity index (χ1n) is 12.1. The van der Waals surface area contributed by atoms with Crippen molar-refractivity contribution in [1.82, 2.24) is 0 Å². The van der Waals surface area contributed by atoms with Crippen LogP contribution in [0.1, 0.15) is 79.1 Å². The number of unbranched alkanes of at least 4 members (excludes halogenated alkanes) is 4. The molecule has 0 spiro atoms. The Morgan fingerprint density at radius 1 is 0.757 bits per heavy atom. The second kappa shape index (κ2) is 26.7. The molecule has 0 radical (unpaired) electrons. The average Bonchev–Trinajstić information content (AvgIpc) is 2.86. The van der Waals surface area contributed by atoms with Crippen LogP contribution in [0.15, 0.2) is 25.3 Å². The Bertz CT molecular complexity index is 655. The van der Waals surface area contributed by atoms with E-state index in [1.54, 1.807) is 0 Å². The van der Waals surface area contributed by atoms with Crippen LogP contribution in [-0.2, 0) is 57.7 Å². The van der Waals surface area contributed by atoms with Crippen molar-refractivity contribution in [3.8, 4) is 0 Å². The van der Waals surface area contributed by atoms with E-state index in [4.69, 9.17) is 22.8 Å². The topological polar surface area (TPSA) is 122 Å². The van der Waals surface area contributed by atoms with E-state index in [9.17, 15) is 19.2 Å². The average molecular weight is 572 g/mol. The Hall–Kier alpha value is -2.33. The van der Waals surface area contributed by atoms with E-state index < -0.39 is 11.9 Å². The van der Waals surface area contributed by atoms with E-state index in [1.807, 2.05) is 27.7 Å². The fourth-order valence-corrected chi connectivity index (χ4v) is 2.20. The second-order valence-electron chi connectivity index (χ2n) is 9.06. The van der Waals surface area contributed by atoms with Gasteiger partial charge in [-0.2, -0.15) is 13.8 Å². The molecule has 9 nitrogen and oxygen atoms in total. The molecule has 0 fully saturated rings. The van der Waals surface area contributed by atoms with Crippen molar-refractivity contribution in [2.75, 3.05) is 26.4 Å². The zero-order valence-electron chi connectivity index (χ0n) is 22.8. The quantitative estimate of drug-likeness (QED) is 0.0736. The summed E-state index contributed by atoms with van der Waals surface area (Å²) in [6.45, 7) is 19.6. The molecule has 217 valence electrons. The fourth-order valence-electron chi connectivity index (χ4n) is 2.20. The van der Waals surface area contributed by atoms with E-state index in [2.05, 4.69) is 35.7 Å². The van der Waals surface area contributed by atoms with Crippen LogP contribution in [0.5, 0.6) is 0 Å². The summed E-state index contributed by atoms with van der Waals surface area (Å²) in [6.07, 6.45) is 7.75. The van der Waals surface area contributed by atoms with E-state index in [1.165, 1.54) is 0 Å². The second-order valence-corrected chi connectivity index (χ2v) is 9.06. The SMILES string of the molecule is C=CC(=O)OCCCCCC(=O)OCC([CH2-])(C)C.C=CC(=O)OCCCCCC(=O)OC[C-](C)C.[O]=[Co]. The van der Waals surface area contributed by atoms with Gasteiger partial charge in [0.2, 0.25) is 0 Å². The monoisotopic (exact) mass is 571 g/mol. The van der Waals surface area contributed by atoms with Crippen molar-refractivity contribution in [2.24, 2.45) is 5.41 Å². The molecule has 37 heavy (non-hydrogen) atoms. The first kappa shape index (κ1) is 39.2. The van der Waals surface area contributed by atoms with E-state index >= 15 is 0 Å². The third-order valence-corrected chi connectivity index (χ3v) is 4.02. The summed E-state index contributed by atoms with van der Waals surface area (Å²) < 4.78 is 27.6. The molecule has 0 unspecified atom stereocenters. The van der Waals surface area contributed by atoms with Crippen molar-refractivity contribution in [2.45, 2.75) is 79.1 Å². The molecule has 0 aromatic rings. The molecule has 0 aromatic heterocycles. The van der Waals surface area contributed by atoms with Crippen LogP contribution in [0.4, 0.5) is 0 Å². The molecule has 0 aliphatic carbocycles. The normalized spacial score (nSPS) is 10.0. The van der Waals surface area contributed by atoms with Crippen molar-refractivity contribution in [3.63, 3.8) is 0 Å². The molecule has 0 aliphatic rings. The van der Waals surface area contributed by atoms with Crippen LogP contribution in [0.3, 0.4) is 0 Å². The molecule has 10 heteroatoms. The summed E-state index contributed by atoms with van der Waals surface area (Å²) in [5, 5.41) is 0. The van der Waals surface area contributed by atoms with Crippen molar-refractivity contribution < 1.29 is 57.7 Å². The number of hydrogen-bond donors (Lipinski definition) is 0. The Balaban J connectivity index is -0.000000586. The van der Waals surface area contributed by atoms with Gasteiger partial charge in [0.25, 0.3) is 0 Å². The summed E-state index contributed by atoms with van der Waals surface area (Å²) in [5.74, 6) is -0.107. The summed E-state index contributed by atoms with van der Waals surface area (Å²) in [5.41, 5.74) is -0.242. The zero-order valence-corrected chi connectivity index (χ0v) is 23.8. The minimum absolute atomic E-state index is 0.172. The molecule has 0 atom stereocenters. The molecule has 0 aromatic carbocycles. The van der Waals surface area contributed by atoms with Gasteiger partial charge in [-0.15, -0.1) is 5.41 Å². The molecule has 0 rings (SSSR count). The third-order valence-electron chi connectivity index (χ3n) is 4.02. The standard InChI is InChI=1S/C14H23O4.C13H21O4.Co.O/c1-5-12(15)17-10-8-6-7-9-13(16)18-11-14(2,3)4;1-4-12(14)16-9-7-5-6-8-13(15)17-10-11(2)3;;/h5H,1-2,6-11H2,3-4H3;4H,1,5-10H2,2-3H3;;/q2*-1;;. The number of carbonyl (C=O) groups excluding carboxylic acids is 4. The fraction of sp³-hybridized carbons (Fsp3) is 0.630. The van der Waals surface area contributed by atoms with Crippen LogP contribution in [0.2, 0.25) is 0 Å². The van der Waals surface area contributed by atoms with Crippen molar-refractivity contribution in [1.29, 1.82) is 0 Å². The number of hydrogen-bond acceptors (Lipinski definition) is 9. The minimum atomic E-state index is -0.410. The number of carbonyl (C=O) groups is 4. The summed E-state index contributed by atoms with van der Waals surface area (Å²) in [6, 6.07) is 0. The van der Waals surface area contributed by atoms with Gasteiger partial charge in [-0.3, -0.25) is 15.5 Å². The first-order chi connectivity index (χ1) is 17.4. The van der Waals surface area contributed by atoms with Crippen LogP contribution in [0, 0.1) is 18.3 Å². The predicted molar refractivity (Wildman–Crippen MR) is 136 cm³/mol. The third kappa shape index (κ3) is 35.9. The first-order valence-corrected chi connectivity index (χ1v) is 12.5. The molecule has 0 saturated carbocycles. The maximum absolute atomic E-state index is 11.3. The molecule has 0 heterocycles. The van der Waals surface area contributed by atoms with E-state index in [0.29, 0.717) is 39.3 Å². The molecule has 0 N–H and O–H groups in total. The zero-order chi connectivity index (χ0) is 29.1. The molecule has 0 bridgehead atoms. The number of rotatable bonds is 18. The Morgan fingerprint density at radius 3 is 1.51 bits per heavy atom. The predicted octanol–water partition coefficient (Wildman–Crippen LogP) is 4.99. The summed E-state index contributed by atoms with van der Waals surface area (Å²) >= 11 is 2.31. The van der Waals surface area contributed by atoms with Gasteiger partial charge < -0.3 is 25.9 Å². The van der Waals surface area contributed by atoms with Gasteiger partial charge in [-0.05, 0) is 45.1 Å². The summed E-state index contributed by atoms with van der Waals surface area (Å²) in [7, 11) is 0. The van der Waals surface area contributed by atoms with Crippen molar-refractivity contribution >= 4 is 23.9 Å². The van der Waals surface area contributed by atoms with Gasteiger partial charge in [0.05, 0.1) is 19.8 Å².